The Labute approximate surface area is 151 Å². The Morgan fingerprint density at radius 3 is 2.29 bits per heavy atom. The summed E-state index contributed by atoms with van der Waals surface area (Å²) < 4.78 is 0. The highest BCUT2D eigenvalue weighted by atomic mass is 127. The first-order chi connectivity index (χ1) is 9.28. The van der Waals surface area contributed by atoms with E-state index in [9.17, 15) is 0 Å². The van der Waals surface area contributed by atoms with Gasteiger partial charge in [-0.3, -0.25) is 0 Å². The molecule has 2 heteroatoms. The van der Waals surface area contributed by atoms with Gasteiger partial charge in [-0.1, -0.05) is 69.9 Å². The number of rotatable bonds is 8. The van der Waals surface area contributed by atoms with Crippen molar-refractivity contribution in [3.63, 3.8) is 0 Å². The molecule has 21 heavy (non-hydrogen) atoms. The van der Waals surface area contributed by atoms with Gasteiger partial charge in [0.1, 0.15) is 0 Å². The third-order valence-corrected chi connectivity index (χ3v) is 3.62. The van der Waals surface area contributed by atoms with Gasteiger partial charge in [0.25, 0.3) is 0 Å². The van der Waals surface area contributed by atoms with Crippen molar-refractivity contribution in [1.29, 1.82) is 0 Å². The molecule has 126 valence electrons. The zero-order valence-electron chi connectivity index (χ0n) is 14.6. The zero-order chi connectivity index (χ0) is 14.3. The van der Waals surface area contributed by atoms with Crippen LogP contribution < -0.4 is 6.15 Å². The average Bonchev–Trinajstić information content (AvgIpc) is 2.92. The fourth-order valence-electron chi connectivity index (χ4n) is 2.28. The van der Waals surface area contributed by atoms with Crippen LogP contribution in [0, 0.1) is 5.92 Å². The maximum atomic E-state index is 3.79. The Bertz CT molecular complexity index is 267. The van der Waals surface area contributed by atoms with Crippen LogP contribution in [-0.4, -0.2) is 0 Å². The molecule has 0 bridgehead atoms. The first-order valence-electron chi connectivity index (χ1n) is 8.23. The van der Waals surface area contributed by atoms with Crippen LogP contribution in [0.4, 0.5) is 0 Å². The van der Waals surface area contributed by atoms with Gasteiger partial charge in [-0.25, -0.2) is 0 Å². The largest absolute Gasteiger partial charge is 0.344 e. The van der Waals surface area contributed by atoms with Gasteiger partial charge in [0.05, 0.1) is 0 Å². The second-order valence-corrected chi connectivity index (χ2v) is 5.43. The molecule has 0 amide bonds. The van der Waals surface area contributed by atoms with E-state index in [0.29, 0.717) is 5.92 Å². The van der Waals surface area contributed by atoms with Crippen molar-refractivity contribution < 1.29 is 0 Å². The smallest absolute Gasteiger partial charge is 0.0139 e. The Kier molecular flexibility index (Phi) is 24.5. The highest BCUT2D eigenvalue weighted by molar-refractivity contribution is 14.0. The van der Waals surface area contributed by atoms with Crippen LogP contribution in [0.2, 0.25) is 0 Å². The normalized spacial score (nSPS) is 14.3. The second-order valence-electron chi connectivity index (χ2n) is 5.43. The predicted molar refractivity (Wildman–Crippen MR) is 110 cm³/mol. The maximum Gasteiger partial charge on any atom is -0.0139 e. The number of halogens is 1. The predicted octanol–water partition coefficient (Wildman–Crippen LogP) is 7.62. The molecule has 0 heterocycles. The minimum absolute atomic E-state index is 0. The van der Waals surface area contributed by atoms with Crippen molar-refractivity contribution in [1.82, 2.24) is 6.15 Å². The van der Waals surface area contributed by atoms with Crippen molar-refractivity contribution in [2.75, 3.05) is 0 Å². The standard InChI is InChI=1S/C14H22.C5H12.HI.H3N/c1-3-8-13(4-2)11-7-12-14-9-5-6-10-14;1-3-5-4-2;;/h3,7,9,11,13H,1,4-6,8,10,12H2,2H3;3-5H2,1-2H3;1H;1H3/b11-7+;;;/t13-;;;/m0.../s1. The van der Waals surface area contributed by atoms with E-state index < -0.39 is 0 Å². The van der Waals surface area contributed by atoms with Gasteiger partial charge in [0.2, 0.25) is 0 Å². The van der Waals surface area contributed by atoms with Crippen molar-refractivity contribution in [2.45, 2.75) is 78.6 Å². The van der Waals surface area contributed by atoms with Crippen LogP contribution in [0.25, 0.3) is 0 Å². The fraction of sp³-hybridized carbons (Fsp3) is 0.684. The molecule has 0 aromatic rings. The Hall–Kier alpha value is -0.0900. The highest BCUT2D eigenvalue weighted by Crippen LogP contribution is 2.21. The molecule has 0 unspecified atom stereocenters. The highest BCUT2D eigenvalue weighted by Gasteiger charge is 2.02. The van der Waals surface area contributed by atoms with Crippen molar-refractivity contribution in [3.8, 4) is 0 Å². The molecule has 0 aromatic heterocycles. The van der Waals surface area contributed by atoms with E-state index in [1.54, 1.807) is 5.57 Å². The van der Waals surface area contributed by atoms with Crippen LogP contribution in [-0.2, 0) is 0 Å². The van der Waals surface area contributed by atoms with Crippen LogP contribution in [0.1, 0.15) is 78.6 Å². The molecular formula is C19H38IN. The first kappa shape index (κ1) is 25.8. The number of hydrogen-bond acceptors (Lipinski definition) is 1. The monoisotopic (exact) mass is 407 g/mol. The first-order valence-corrected chi connectivity index (χ1v) is 8.23. The molecule has 0 spiro atoms. The summed E-state index contributed by atoms with van der Waals surface area (Å²) in [6.45, 7) is 10.5. The van der Waals surface area contributed by atoms with Crippen LogP contribution >= 0.6 is 24.0 Å². The summed E-state index contributed by atoms with van der Waals surface area (Å²) >= 11 is 0. The van der Waals surface area contributed by atoms with Crippen molar-refractivity contribution in [2.24, 2.45) is 5.92 Å². The summed E-state index contributed by atoms with van der Waals surface area (Å²) in [6.07, 6.45) is 20.7. The van der Waals surface area contributed by atoms with E-state index in [2.05, 4.69) is 45.6 Å². The van der Waals surface area contributed by atoms with Gasteiger partial charge < -0.3 is 6.15 Å². The van der Waals surface area contributed by atoms with E-state index in [4.69, 9.17) is 0 Å². The third-order valence-electron chi connectivity index (χ3n) is 3.62. The molecule has 0 aliphatic heterocycles. The zero-order valence-corrected chi connectivity index (χ0v) is 16.9. The molecule has 1 nitrogen and oxygen atoms in total. The molecule has 1 atom stereocenters. The van der Waals surface area contributed by atoms with Gasteiger partial charge >= 0.3 is 0 Å². The Morgan fingerprint density at radius 1 is 1.24 bits per heavy atom. The van der Waals surface area contributed by atoms with Gasteiger partial charge in [-0.15, -0.1) is 30.6 Å². The lowest BCUT2D eigenvalue weighted by atomic mass is 10.0. The van der Waals surface area contributed by atoms with E-state index in [1.165, 1.54) is 51.4 Å². The quantitative estimate of drug-likeness (QED) is 0.326. The number of unbranched alkanes of at least 4 members (excludes halogenated alkanes) is 2. The minimum atomic E-state index is 0. The average molecular weight is 407 g/mol. The van der Waals surface area contributed by atoms with Crippen LogP contribution in [0.3, 0.4) is 0 Å². The molecule has 1 rings (SSSR count). The summed E-state index contributed by atoms with van der Waals surface area (Å²) in [4.78, 5) is 0. The molecule has 0 saturated carbocycles. The summed E-state index contributed by atoms with van der Waals surface area (Å²) in [7, 11) is 0. The van der Waals surface area contributed by atoms with Crippen LogP contribution in [0.15, 0.2) is 36.5 Å². The van der Waals surface area contributed by atoms with E-state index in [-0.39, 0.29) is 30.1 Å². The fourth-order valence-corrected chi connectivity index (χ4v) is 2.28. The Morgan fingerprint density at radius 2 is 1.90 bits per heavy atom. The molecule has 1 aliphatic rings. The SMILES string of the molecule is C=CC[C@@H](/C=C/CC1=CCCC1)CC.CCCCC.I.N. The minimum Gasteiger partial charge on any atom is -0.344 e. The lowest BCUT2D eigenvalue weighted by Gasteiger charge is -2.05. The van der Waals surface area contributed by atoms with E-state index in [1.807, 2.05) is 6.08 Å². The summed E-state index contributed by atoms with van der Waals surface area (Å²) in [6, 6.07) is 0. The van der Waals surface area contributed by atoms with Gasteiger partial charge in [-0.05, 0) is 44.4 Å². The maximum absolute atomic E-state index is 3.79. The molecular weight excluding hydrogens is 369 g/mol. The van der Waals surface area contributed by atoms with Gasteiger partial charge in [0.15, 0.2) is 0 Å². The second kappa shape index (κ2) is 19.9. The van der Waals surface area contributed by atoms with E-state index in [0.717, 1.165) is 6.42 Å². The van der Waals surface area contributed by atoms with Crippen molar-refractivity contribution in [3.05, 3.63) is 36.5 Å². The summed E-state index contributed by atoms with van der Waals surface area (Å²) in [5.74, 6) is 0.703. The van der Waals surface area contributed by atoms with Crippen molar-refractivity contribution >= 4 is 24.0 Å². The lowest BCUT2D eigenvalue weighted by Crippen LogP contribution is -1.91. The number of hydrogen-bond donors (Lipinski definition) is 1. The molecule has 0 fully saturated rings. The third kappa shape index (κ3) is 16.1. The molecule has 1 aliphatic carbocycles. The van der Waals surface area contributed by atoms with E-state index >= 15 is 0 Å². The summed E-state index contributed by atoms with van der Waals surface area (Å²) in [5.41, 5.74) is 1.63. The molecule has 0 saturated heterocycles. The number of allylic oxidation sites excluding steroid dienone is 5. The molecule has 0 radical (unpaired) electrons. The summed E-state index contributed by atoms with van der Waals surface area (Å²) in [5, 5.41) is 0. The lowest BCUT2D eigenvalue weighted by molar-refractivity contribution is 0.637. The van der Waals surface area contributed by atoms with Gasteiger partial charge in [-0.2, -0.15) is 0 Å². The topological polar surface area (TPSA) is 35.0 Å². The Balaban J connectivity index is -0.000000405. The van der Waals surface area contributed by atoms with Crippen LogP contribution in [0.5, 0.6) is 0 Å². The van der Waals surface area contributed by atoms with Gasteiger partial charge in [0, 0.05) is 0 Å². The molecule has 0 aromatic carbocycles. The molecule has 3 N–H and O–H groups in total.